The fourth-order valence-corrected chi connectivity index (χ4v) is 1.44. The van der Waals surface area contributed by atoms with Crippen LogP contribution in [0.25, 0.3) is 0 Å². The van der Waals surface area contributed by atoms with Gasteiger partial charge >= 0.3 is 5.97 Å². The van der Waals surface area contributed by atoms with Gasteiger partial charge in [-0.2, -0.15) is 17.9 Å². The van der Waals surface area contributed by atoms with Crippen molar-refractivity contribution in [1.29, 1.82) is 0 Å². The van der Waals surface area contributed by atoms with Crippen molar-refractivity contribution in [1.82, 2.24) is 9.44 Å². The molecule has 0 aliphatic rings. The lowest BCUT2D eigenvalue weighted by Crippen LogP contribution is -2.43. The molecule has 4 N–H and O–H groups in total. The summed E-state index contributed by atoms with van der Waals surface area (Å²) >= 11 is 0. The first-order valence-electron chi connectivity index (χ1n) is 4.03. The monoisotopic (exact) mass is 242 g/mol. The van der Waals surface area contributed by atoms with Crippen molar-refractivity contribution < 1.29 is 28.2 Å². The number of aliphatic carboxylic acids is 1. The SMILES string of the molecule is COCCNS(=O)(=O)NCC(O)C(=O)O. The standard InChI is InChI=1S/C6H14N2O6S/c1-14-3-2-7-15(12,13)8-4-5(9)6(10)11/h5,7-9H,2-4H2,1H3,(H,10,11). The number of rotatable bonds is 8. The Morgan fingerprint density at radius 3 is 2.53 bits per heavy atom. The maximum Gasteiger partial charge on any atom is 0.333 e. The highest BCUT2D eigenvalue weighted by Crippen LogP contribution is 1.83. The van der Waals surface area contributed by atoms with Crippen molar-refractivity contribution in [3.63, 3.8) is 0 Å². The molecule has 15 heavy (non-hydrogen) atoms. The molecule has 0 saturated carbocycles. The molecule has 0 spiro atoms. The van der Waals surface area contributed by atoms with Gasteiger partial charge in [-0.15, -0.1) is 0 Å². The van der Waals surface area contributed by atoms with E-state index in [4.69, 9.17) is 10.2 Å². The zero-order chi connectivity index (χ0) is 11.9. The minimum atomic E-state index is -3.79. The second-order valence-corrected chi connectivity index (χ2v) is 4.18. The Kier molecular flexibility index (Phi) is 6.36. The van der Waals surface area contributed by atoms with Crippen LogP contribution in [0.4, 0.5) is 0 Å². The average molecular weight is 242 g/mol. The highest BCUT2D eigenvalue weighted by atomic mass is 32.2. The summed E-state index contributed by atoms with van der Waals surface area (Å²) in [5.41, 5.74) is 0. The van der Waals surface area contributed by atoms with Gasteiger partial charge in [0.15, 0.2) is 6.10 Å². The number of methoxy groups -OCH3 is 1. The summed E-state index contributed by atoms with van der Waals surface area (Å²) in [4.78, 5) is 10.2. The van der Waals surface area contributed by atoms with Gasteiger partial charge in [0.1, 0.15) is 0 Å². The third kappa shape index (κ3) is 7.22. The van der Waals surface area contributed by atoms with Crippen molar-refractivity contribution in [2.24, 2.45) is 0 Å². The van der Waals surface area contributed by atoms with Gasteiger partial charge in [-0.1, -0.05) is 0 Å². The van der Waals surface area contributed by atoms with E-state index < -0.39 is 28.8 Å². The Hall–Kier alpha value is -0.740. The molecule has 1 unspecified atom stereocenters. The molecule has 8 nitrogen and oxygen atoms in total. The van der Waals surface area contributed by atoms with E-state index in [0.717, 1.165) is 0 Å². The third-order valence-corrected chi connectivity index (χ3v) is 2.48. The molecule has 0 bridgehead atoms. The first-order valence-corrected chi connectivity index (χ1v) is 5.51. The Labute approximate surface area is 87.4 Å². The van der Waals surface area contributed by atoms with Crippen LogP contribution < -0.4 is 9.44 Å². The molecule has 0 heterocycles. The van der Waals surface area contributed by atoms with E-state index in [1.807, 2.05) is 4.72 Å². The van der Waals surface area contributed by atoms with Crippen LogP contribution >= 0.6 is 0 Å². The van der Waals surface area contributed by atoms with Gasteiger partial charge < -0.3 is 14.9 Å². The van der Waals surface area contributed by atoms with Crippen LogP contribution in [0.3, 0.4) is 0 Å². The molecule has 0 aliphatic heterocycles. The second kappa shape index (κ2) is 6.69. The molecule has 0 rings (SSSR count). The van der Waals surface area contributed by atoms with E-state index in [0.29, 0.717) is 0 Å². The molecule has 0 aromatic heterocycles. The summed E-state index contributed by atoms with van der Waals surface area (Å²) in [7, 11) is -2.37. The van der Waals surface area contributed by atoms with Gasteiger partial charge in [0, 0.05) is 20.2 Å². The quantitative estimate of drug-likeness (QED) is 0.349. The Morgan fingerprint density at radius 2 is 2.07 bits per heavy atom. The number of carbonyl (C=O) groups is 1. The zero-order valence-corrected chi connectivity index (χ0v) is 8.95. The van der Waals surface area contributed by atoms with Crippen LogP contribution in [-0.2, 0) is 19.7 Å². The van der Waals surface area contributed by atoms with Crippen LogP contribution in [0.2, 0.25) is 0 Å². The van der Waals surface area contributed by atoms with Crippen molar-refractivity contribution in [3.8, 4) is 0 Å². The summed E-state index contributed by atoms with van der Waals surface area (Å²) in [6, 6.07) is 0. The normalized spacial score (nSPS) is 13.7. The molecule has 9 heteroatoms. The maximum atomic E-state index is 11.1. The molecule has 90 valence electrons. The number of nitrogens with one attached hydrogen (secondary N) is 2. The Bertz CT molecular complexity index is 290. The molecular formula is C6H14N2O6S. The van der Waals surface area contributed by atoms with Crippen molar-refractivity contribution >= 4 is 16.2 Å². The van der Waals surface area contributed by atoms with E-state index >= 15 is 0 Å². The summed E-state index contributed by atoms with van der Waals surface area (Å²) in [6.07, 6.45) is -1.76. The number of carboxylic acids is 1. The highest BCUT2D eigenvalue weighted by Gasteiger charge is 2.16. The molecular weight excluding hydrogens is 228 g/mol. The molecule has 0 radical (unpaired) electrons. The lowest BCUT2D eigenvalue weighted by atomic mass is 10.4. The van der Waals surface area contributed by atoms with E-state index in [-0.39, 0.29) is 13.2 Å². The summed E-state index contributed by atoms with van der Waals surface area (Å²) < 4.78 is 30.7. The minimum absolute atomic E-state index is 0.0645. The molecule has 0 saturated heterocycles. The number of hydrogen-bond acceptors (Lipinski definition) is 5. The van der Waals surface area contributed by atoms with Gasteiger partial charge in [0.05, 0.1) is 6.61 Å². The summed E-state index contributed by atoms with van der Waals surface area (Å²) in [5.74, 6) is -1.49. The predicted octanol–water partition coefficient (Wildman–Crippen LogP) is -2.50. The number of ether oxygens (including phenoxy) is 1. The predicted molar refractivity (Wildman–Crippen MR) is 50.4 cm³/mol. The van der Waals surface area contributed by atoms with Gasteiger partial charge in [-0.25, -0.2) is 4.79 Å². The van der Waals surface area contributed by atoms with E-state index in [1.165, 1.54) is 7.11 Å². The largest absolute Gasteiger partial charge is 0.479 e. The first-order chi connectivity index (χ1) is 6.89. The Morgan fingerprint density at radius 1 is 1.47 bits per heavy atom. The van der Waals surface area contributed by atoms with Crippen LogP contribution in [0, 0.1) is 0 Å². The van der Waals surface area contributed by atoms with Gasteiger partial charge in [0.25, 0.3) is 10.2 Å². The fourth-order valence-electron chi connectivity index (χ4n) is 0.605. The van der Waals surface area contributed by atoms with Crippen LogP contribution in [0.1, 0.15) is 0 Å². The van der Waals surface area contributed by atoms with Gasteiger partial charge in [0.2, 0.25) is 0 Å². The number of carboxylic acid groups (broad SMARTS) is 1. The van der Waals surface area contributed by atoms with Crippen molar-refractivity contribution in [3.05, 3.63) is 0 Å². The molecule has 1 atom stereocenters. The zero-order valence-electron chi connectivity index (χ0n) is 8.13. The van der Waals surface area contributed by atoms with E-state index in [1.54, 1.807) is 0 Å². The highest BCUT2D eigenvalue weighted by molar-refractivity contribution is 7.87. The first kappa shape index (κ1) is 14.3. The second-order valence-electron chi connectivity index (χ2n) is 2.59. The Balaban J connectivity index is 3.89. The third-order valence-electron chi connectivity index (χ3n) is 1.35. The van der Waals surface area contributed by atoms with Gasteiger partial charge in [-0.05, 0) is 0 Å². The maximum absolute atomic E-state index is 11.1. The molecule has 0 aliphatic carbocycles. The molecule has 0 fully saturated rings. The summed E-state index contributed by atoms with van der Waals surface area (Å²) in [5, 5.41) is 17.1. The van der Waals surface area contributed by atoms with Crippen LogP contribution in [0.15, 0.2) is 0 Å². The number of aliphatic hydroxyl groups is 1. The lowest BCUT2D eigenvalue weighted by Gasteiger charge is -2.09. The minimum Gasteiger partial charge on any atom is -0.479 e. The molecule has 0 aromatic carbocycles. The van der Waals surface area contributed by atoms with Crippen molar-refractivity contribution in [2.45, 2.75) is 6.10 Å². The van der Waals surface area contributed by atoms with Gasteiger partial charge in [-0.3, -0.25) is 0 Å². The molecule has 0 aromatic rings. The van der Waals surface area contributed by atoms with Crippen molar-refractivity contribution in [2.75, 3.05) is 26.8 Å². The average Bonchev–Trinajstić information content (AvgIpc) is 2.14. The molecule has 0 amide bonds. The number of aliphatic hydroxyl groups excluding tert-OH is 1. The fraction of sp³-hybridized carbons (Fsp3) is 0.833. The van der Waals surface area contributed by atoms with E-state index in [9.17, 15) is 13.2 Å². The topological polar surface area (TPSA) is 125 Å². The van der Waals surface area contributed by atoms with Crippen LogP contribution in [-0.4, -0.2) is 57.5 Å². The van der Waals surface area contributed by atoms with E-state index in [2.05, 4.69) is 9.46 Å². The lowest BCUT2D eigenvalue weighted by molar-refractivity contribution is -0.146. The summed E-state index contributed by atoms with van der Waals surface area (Å²) in [6.45, 7) is -0.324. The van der Waals surface area contributed by atoms with Crippen LogP contribution in [0.5, 0.6) is 0 Å². The smallest absolute Gasteiger partial charge is 0.333 e. The number of hydrogen-bond donors (Lipinski definition) is 4.